The average molecular weight is 608 g/mol. The predicted octanol–water partition coefficient (Wildman–Crippen LogP) is 6.72. The van der Waals surface area contributed by atoms with Crippen molar-refractivity contribution in [1.82, 2.24) is 5.32 Å². The first-order chi connectivity index (χ1) is 21.3. The summed E-state index contributed by atoms with van der Waals surface area (Å²) >= 11 is 1.34. The number of anilines is 2. The Kier molecular flexibility index (Phi) is 9.99. The summed E-state index contributed by atoms with van der Waals surface area (Å²) in [4.78, 5) is 39.9. The molecule has 8 nitrogen and oxygen atoms in total. The maximum absolute atomic E-state index is 13.5. The fraction of sp³-hybridized carbons (Fsp3) is 0.171. The molecule has 0 aliphatic carbocycles. The van der Waals surface area contributed by atoms with Crippen LogP contribution in [0.5, 0.6) is 11.5 Å². The van der Waals surface area contributed by atoms with Crippen LogP contribution >= 0.6 is 11.8 Å². The van der Waals surface area contributed by atoms with Gasteiger partial charge in [0.1, 0.15) is 18.9 Å². The molecule has 5 rings (SSSR count). The summed E-state index contributed by atoms with van der Waals surface area (Å²) in [7, 11) is 0. The molecule has 0 spiro atoms. The van der Waals surface area contributed by atoms with E-state index in [-0.39, 0.29) is 23.3 Å². The molecule has 224 valence electrons. The number of carbonyl (C=O) groups is 3. The van der Waals surface area contributed by atoms with Gasteiger partial charge in [0.2, 0.25) is 5.91 Å². The van der Waals surface area contributed by atoms with Crippen LogP contribution in [0, 0.1) is 0 Å². The predicted molar refractivity (Wildman–Crippen MR) is 174 cm³/mol. The van der Waals surface area contributed by atoms with E-state index < -0.39 is 5.91 Å². The monoisotopic (exact) mass is 607 g/mol. The number of hydrogen-bond acceptors (Lipinski definition) is 6. The molecule has 0 saturated carbocycles. The molecule has 4 aromatic rings. The number of amides is 3. The summed E-state index contributed by atoms with van der Waals surface area (Å²) in [6.07, 6.45) is 1.65. The van der Waals surface area contributed by atoms with E-state index in [1.54, 1.807) is 66.7 Å². The molecule has 3 N–H and O–H groups in total. The first-order valence-corrected chi connectivity index (χ1v) is 15.2. The zero-order chi connectivity index (χ0) is 30.9. The second-order valence-electron chi connectivity index (χ2n) is 10.4. The molecule has 44 heavy (non-hydrogen) atoms. The highest BCUT2D eigenvalue weighted by molar-refractivity contribution is 8.00. The minimum Gasteiger partial charge on any atom is -0.486 e. The van der Waals surface area contributed by atoms with Crippen molar-refractivity contribution in [3.05, 3.63) is 119 Å². The van der Waals surface area contributed by atoms with Crippen LogP contribution in [0.15, 0.2) is 108 Å². The largest absolute Gasteiger partial charge is 0.486 e. The number of ether oxygens (including phenoxy) is 2. The van der Waals surface area contributed by atoms with Crippen molar-refractivity contribution < 1.29 is 23.9 Å². The number of fused-ring (bicyclic) bond motifs is 1. The lowest BCUT2D eigenvalue weighted by molar-refractivity contribution is -0.114. The van der Waals surface area contributed by atoms with E-state index in [0.717, 1.165) is 10.5 Å². The van der Waals surface area contributed by atoms with Crippen LogP contribution in [0.3, 0.4) is 0 Å². The molecule has 1 heterocycles. The summed E-state index contributed by atoms with van der Waals surface area (Å²) in [6.45, 7) is 5.20. The summed E-state index contributed by atoms with van der Waals surface area (Å²) in [5.74, 6) is 0.753. The van der Waals surface area contributed by atoms with Crippen molar-refractivity contribution in [2.45, 2.75) is 24.7 Å². The molecular weight excluding hydrogens is 574 g/mol. The fourth-order valence-corrected chi connectivity index (χ4v) is 5.17. The number of benzene rings is 4. The van der Waals surface area contributed by atoms with Crippen molar-refractivity contribution in [2.24, 2.45) is 0 Å². The second kappa shape index (κ2) is 14.4. The van der Waals surface area contributed by atoms with Crippen LogP contribution in [0.1, 0.15) is 41.3 Å². The molecule has 0 bridgehead atoms. The fourth-order valence-electron chi connectivity index (χ4n) is 4.42. The van der Waals surface area contributed by atoms with E-state index in [1.165, 1.54) is 17.3 Å². The average Bonchev–Trinajstić information content (AvgIpc) is 3.04. The van der Waals surface area contributed by atoms with Gasteiger partial charge in [0.15, 0.2) is 11.5 Å². The molecule has 1 aliphatic rings. The van der Waals surface area contributed by atoms with E-state index in [0.29, 0.717) is 47.6 Å². The number of hydrogen-bond donors (Lipinski definition) is 3. The Morgan fingerprint density at radius 2 is 1.52 bits per heavy atom. The van der Waals surface area contributed by atoms with Gasteiger partial charge in [-0.15, -0.1) is 11.8 Å². The number of rotatable bonds is 10. The van der Waals surface area contributed by atoms with Crippen molar-refractivity contribution in [3.8, 4) is 11.5 Å². The highest BCUT2D eigenvalue weighted by Gasteiger charge is 2.16. The first kappa shape index (κ1) is 30.4. The molecule has 9 heteroatoms. The lowest BCUT2D eigenvalue weighted by Crippen LogP contribution is -2.30. The lowest BCUT2D eigenvalue weighted by atomic mass is 10.0. The van der Waals surface area contributed by atoms with E-state index in [4.69, 9.17) is 9.47 Å². The van der Waals surface area contributed by atoms with Gasteiger partial charge in [-0.25, -0.2) is 0 Å². The quantitative estimate of drug-likeness (QED) is 0.137. The Morgan fingerprint density at radius 3 is 2.27 bits per heavy atom. The topological polar surface area (TPSA) is 106 Å². The van der Waals surface area contributed by atoms with Crippen molar-refractivity contribution in [3.63, 3.8) is 0 Å². The number of nitrogens with one attached hydrogen (secondary N) is 3. The standard InChI is InChI=1S/C35H33N3O5S/c1-23(2)25-13-11-24(12-14-25)19-30(38-34(40)26-7-4-3-5-8-26)35(41)37-27-9-6-10-29(20-27)44-22-33(39)36-28-15-16-31-32(21-28)43-18-17-42-31/h3-16,19-21,23H,17-18,22H2,1-2H3,(H,36,39)(H,37,41)(H,38,40)/b30-19+. The molecule has 4 aromatic carbocycles. The summed E-state index contributed by atoms with van der Waals surface area (Å²) < 4.78 is 11.1. The highest BCUT2D eigenvalue weighted by Crippen LogP contribution is 2.32. The third kappa shape index (κ3) is 8.29. The Balaban J connectivity index is 1.25. The van der Waals surface area contributed by atoms with E-state index in [2.05, 4.69) is 29.8 Å². The Hall–Kier alpha value is -5.02. The zero-order valence-electron chi connectivity index (χ0n) is 24.5. The van der Waals surface area contributed by atoms with Crippen LogP contribution in [-0.4, -0.2) is 36.7 Å². The van der Waals surface area contributed by atoms with Crippen LogP contribution in [0.2, 0.25) is 0 Å². The van der Waals surface area contributed by atoms with E-state index in [9.17, 15) is 14.4 Å². The van der Waals surface area contributed by atoms with Gasteiger partial charge in [0, 0.05) is 27.9 Å². The summed E-state index contributed by atoms with van der Waals surface area (Å²) in [5, 5.41) is 8.53. The van der Waals surface area contributed by atoms with Crippen LogP contribution in [-0.2, 0) is 9.59 Å². The molecule has 0 radical (unpaired) electrons. The van der Waals surface area contributed by atoms with Crippen molar-refractivity contribution in [2.75, 3.05) is 29.6 Å². The Bertz CT molecular complexity index is 1670. The van der Waals surface area contributed by atoms with Gasteiger partial charge in [-0.1, -0.05) is 62.4 Å². The molecule has 0 aromatic heterocycles. The van der Waals surface area contributed by atoms with Gasteiger partial charge in [-0.05, 0) is 65.6 Å². The third-order valence-corrected chi connectivity index (χ3v) is 7.72. The van der Waals surface area contributed by atoms with Gasteiger partial charge in [-0.3, -0.25) is 14.4 Å². The van der Waals surface area contributed by atoms with Gasteiger partial charge < -0.3 is 25.4 Å². The van der Waals surface area contributed by atoms with Crippen molar-refractivity contribution >= 4 is 46.9 Å². The van der Waals surface area contributed by atoms with Crippen LogP contribution < -0.4 is 25.4 Å². The number of thioether (sulfide) groups is 1. The van der Waals surface area contributed by atoms with Gasteiger partial charge in [-0.2, -0.15) is 0 Å². The maximum atomic E-state index is 13.5. The highest BCUT2D eigenvalue weighted by atomic mass is 32.2. The molecule has 0 saturated heterocycles. The molecule has 0 fully saturated rings. The summed E-state index contributed by atoms with van der Waals surface area (Å²) in [5.41, 5.74) is 3.65. The molecule has 3 amide bonds. The van der Waals surface area contributed by atoms with E-state index in [1.807, 2.05) is 36.4 Å². The minimum atomic E-state index is -0.472. The SMILES string of the molecule is CC(C)c1ccc(/C=C(/NC(=O)c2ccccc2)C(=O)Nc2cccc(SCC(=O)Nc3ccc4c(c3)OCCO4)c2)cc1. The lowest BCUT2D eigenvalue weighted by Gasteiger charge is -2.19. The molecule has 0 unspecified atom stereocenters. The Labute approximate surface area is 260 Å². The molecular formula is C35H33N3O5S. The van der Waals surface area contributed by atoms with Crippen LogP contribution in [0.4, 0.5) is 11.4 Å². The third-order valence-electron chi connectivity index (χ3n) is 6.73. The normalized spacial score (nSPS) is 12.4. The van der Waals surface area contributed by atoms with Gasteiger partial charge in [0.25, 0.3) is 11.8 Å². The van der Waals surface area contributed by atoms with Gasteiger partial charge in [0.05, 0.1) is 5.75 Å². The number of carbonyl (C=O) groups excluding carboxylic acids is 3. The summed E-state index contributed by atoms with van der Waals surface area (Å²) in [6, 6.07) is 29.1. The zero-order valence-corrected chi connectivity index (χ0v) is 25.3. The Morgan fingerprint density at radius 1 is 0.795 bits per heavy atom. The second-order valence-corrected chi connectivity index (χ2v) is 11.4. The first-order valence-electron chi connectivity index (χ1n) is 14.3. The van der Waals surface area contributed by atoms with E-state index >= 15 is 0 Å². The van der Waals surface area contributed by atoms with Crippen LogP contribution in [0.25, 0.3) is 6.08 Å². The maximum Gasteiger partial charge on any atom is 0.272 e. The van der Waals surface area contributed by atoms with Crippen molar-refractivity contribution in [1.29, 1.82) is 0 Å². The smallest absolute Gasteiger partial charge is 0.272 e. The molecule has 1 aliphatic heterocycles. The molecule has 0 atom stereocenters. The van der Waals surface area contributed by atoms with Gasteiger partial charge >= 0.3 is 0 Å². The minimum absolute atomic E-state index is 0.105.